The van der Waals surface area contributed by atoms with Gasteiger partial charge in [0, 0.05) is 11.0 Å². The zero-order valence-electron chi connectivity index (χ0n) is 24.7. The lowest BCUT2D eigenvalue weighted by atomic mass is 10.1. The Morgan fingerprint density at radius 3 is 1.39 bits per heavy atom. The van der Waals surface area contributed by atoms with Gasteiger partial charge in [-0.05, 0) is 109 Å². The highest BCUT2D eigenvalue weighted by atomic mass is 32.1. The summed E-state index contributed by atoms with van der Waals surface area (Å²) in [6.45, 7) is 8.96. The number of nitrogens with zero attached hydrogens (tertiary/aromatic N) is 2. The highest BCUT2D eigenvalue weighted by Crippen LogP contribution is 2.33. The molecule has 0 unspecified atom stereocenters. The average molecular weight is 561 g/mol. The Morgan fingerprint density at radius 1 is 0.537 bits per heavy atom. The Hall–Kier alpha value is -3.70. The lowest BCUT2D eigenvalue weighted by molar-refractivity contribution is 0.931. The minimum atomic E-state index is 0.976. The molecule has 6 heterocycles. The Kier molecular flexibility index (Phi) is 8.06. The van der Waals surface area contributed by atoms with Gasteiger partial charge in [-0.1, -0.05) is 53.4 Å². The van der Waals surface area contributed by atoms with E-state index in [9.17, 15) is 0 Å². The van der Waals surface area contributed by atoms with E-state index in [4.69, 9.17) is 9.97 Å². The van der Waals surface area contributed by atoms with Crippen molar-refractivity contribution in [2.75, 3.05) is 0 Å². The molecule has 2 aliphatic rings. The number of aryl methyl sites for hydroxylation is 2. The molecule has 210 valence electrons. The molecule has 0 radical (unpaired) electrons. The van der Waals surface area contributed by atoms with Crippen molar-refractivity contribution in [2.24, 2.45) is 0 Å². The second-order valence-corrected chi connectivity index (χ2v) is 12.3. The van der Waals surface area contributed by atoms with Crippen LogP contribution in [0.4, 0.5) is 0 Å². The Morgan fingerprint density at radius 2 is 0.976 bits per heavy atom. The van der Waals surface area contributed by atoms with Gasteiger partial charge in [-0.3, -0.25) is 0 Å². The van der Waals surface area contributed by atoms with Gasteiger partial charge in [0.15, 0.2) is 0 Å². The van der Waals surface area contributed by atoms with E-state index in [0.717, 1.165) is 74.1 Å². The summed E-state index contributed by atoms with van der Waals surface area (Å²) in [7, 11) is 0. The van der Waals surface area contributed by atoms with E-state index in [2.05, 4.69) is 98.3 Å². The van der Waals surface area contributed by atoms with Gasteiger partial charge >= 0.3 is 0 Å². The van der Waals surface area contributed by atoms with Gasteiger partial charge < -0.3 is 9.97 Å². The van der Waals surface area contributed by atoms with Crippen molar-refractivity contribution in [3.05, 3.63) is 82.4 Å². The van der Waals surface area contributed by atoms with E-state index in [1.165, 1.54) is 53.7 Å². The Labute approximate surface area is 247 Å². The maximum atomic E-state index is 5.12. The quantitative estimate of drug-likeness (QED) is 0.225. The minimum absolute atomic E-state index is 0.976. The number of hydrogen-bond donors (Lipinski definition) is 2. The average Bonchev–Trinajstić information content (AvgIpc) is 3.78. The van der Waals surface area contributed by atoms with E-state index < -0.39 is 0 Å². The van der Waals surface area contributed by atoms with Gasteiger partial charge in [-0.2, -0.15) is 0 Å². The summed E-state index contributed by atoms with van der Waals surface area (Å²) in [5.41, 5.74) is 14.1. The third-order valence-electron chi connectivity index (χ3n) is 7.92. The number of hydrogen-bond acceptors (Lipinski definition) is 3. The van der Waals surface area contributed by atoms with E-state index >= 15 is 0 Å². The predicted octanol–water partition coefficient (Wildman–Crippen LogP) is 10.7. The normalized spacial score (nSPS) is 13.0. The maximum absolute atomic E-state index is 5.12. The molecule has 0 amide bonds. The van der Waals surface area contributed by atoms with Gasteiger partial charge in [0.05, 0.1) is 43.2 Å². The smallest absolute Gasteiger partial charge is 0.0897 e. The predicted molar refractivity (Wildman–Crippen MR) is 179 cm³/mol. The summed E-state index contributed by atoms with van der Waals surface area (Å²) in [5.74, 6) is 0. The third kappa shape index (κ3) is 5.60. The molecule has 0 atom stereocenters. The number of rotatable bonds is 8. The van der Waals surface area contributed by atoms with Crippen LogP contribution in [0.25, 0.3) is 54.8 Å². The summed E-state index contributed by atoms with van der Waals surface area (Å²) in [4.78, 5) is 17.7. The molecule has 0 fully saturated rings. The molecule has 0 aromatic carbocycles. The van der Waals surface area contributed by atoms with Crippen LogP contribution in [0.15, 0.2) is 48.5 Å². The number of allylic oxidation sites excluding steroid dienone is 2. The van der Waals surface area contributed by atoms with Crippen molar-refractivity contribution in [1.29, 1.82) is 0 Å². The molecule has 2 aliphatic heterocycles. The Bertz CT molecular complexity index is 1710. The summed E-state index contributed by atoms with van der Waals surface area (Å²) in [6.07, 6.45) is 13.0. The number of nitrogens with one attached hydrogen (secondary N) is 2. The van der Waals surface area contributed by atoms with Gasteiger partial charge in [-0.15, -0.1) is 11.3 Å². The van der Waals surface area contributed by atoms with Crippen molar-refractivity contribution in [2.45, 2.75) is 79.1 Å². The van der Waals surface area contributed by atoms with Crippen LogP contribution in [-0.2, 0) is 12.8 Å². The highest BCUT2D eigenvalue weighted by molar-refractivity contribution is 7.24. The number of thiophene rings is 1. The molecule has 5 heteroatoms. The van der Waals surface area contributed by atoms with Gasteiger partial charge in [-0.25, -0.2) is 9.97 Å². The van der Waals surface area contributed by atoms with E-state index in [1.54, 1.807) is 0 Å². The van der Waals surface area contributed by atoms with Crippen LogP contribution in [0.3, 0.4) is 0 Å². The van der Waals surface area contributed by atoms with Crippen molar-refractivity contribution < 1.29 is 0 Å². The van der Waals surface area contributed by atoms with E-state index in [-0.39, 0.29) is 0 Å². The van der Waals surface area contributed by atoms with Crippen LogP contribution in [-0.4, -0.2) is 19.9 Å². The van der Waals surface area contributed by atoms with Crippen LogP contribution in [0.5, 0.6) is 0 Å². The molecule has 6 rings (SSSR count). The van der Waals surface area contributed by atoms with Crippen molar-refractivity contribution >= 4 is 66.1 Å². The second-order valence-electron chi connectivity index (χ2n) is 11.2. The molecule has 0 aliphatic carbocycles. The minimum Gasteiger partial charge on any atom is -0.354 e. The van der Waals surface area contributed by atoms with Gasteiger partial charge in [0.25, 0.3) is 0 Å². The van der Waals surface area contributed by atoms with Crippen LogP contribution >= 0.6 is 11.3 Å². The van der Waals surface area contributed by atoms with Crippen LogP contribution in [0.2, 0.25) is 0 Å². The first-order chi connectivity index (χ1) is 20.1. The molecule has 4 aromatic rings. The van der Waals surface area contributed by atoms with Crippen LogP contribution in [0, 0.1) is 0 Å². The van der Waals surface area contributed by atoms with Gasteiger partial charge in [0.2, 0.25) is 0 Å². The summed E-state index contributed by atoms with van der Waals surface area (Å²) < 4.78 is 2.52. The first kappa shape index (κ1) is 27.5. The zero-order valence-corrected chi connectivity index (χ0v) is 25.5. The lowest BCUT2D eigenvalue weighted by Crippen LogP contribution is -1.83. The molecule has 0 spiro atoms. The molecule has 41 heavy (non-hydrogen) atoms. The SMILES string of the molecule is CCCC1=Cc2nc1ccc1[nH]c(cc1CCC)c1ccc(s1)c1cc(CCC)c(ccc3nc2C=C3CCC)[nH]1. The van der Waals surface area contributed by atoms with Crippen molar-refractivity contribution in [3.8, 4) is 0 Å². The van der Waals surface area contributed by atoms with Crippen molar-refractivity contribution in [1.82, 2.24) is 19.9 Å². The van der Waals surface area contributed by atoms with E-state index in [1.807, 2.05) is 11.3 Å². The lowest BCUT2D eigenvalue weighted by Gasteiger charge is -1.97. The summed E-state index contributed by atoms with van der Waals surface area (Å²) in [6, 6.07) is 18.0. The number of H-pyrrole nitrogens is 2. The second kappa shape index (κ2) is 12.0. The molecular formula is C36H40N4S. The fourth-order valence-electron chi connectivity index (χ4n) is 5.93. The molecule has 0 saturated heterocycles. The first-order valence-electron chi connectivity index (χ1n) is 15.3. The molecule has 4 nitrogen and oxygen atoms in total. The number of fused-ring (bicyclic) bond motifs is 13. The summed E-state index contributed by atoms with van der Waals surface area (Å²) in [5, 5.41) is 0. The zero-order chi connectivity index (χ0) is 28.3. The monoisotopic (exact) mass is 560 g/mol. The van der Waals surface area contributed by atoms with Crippen molar-refractivity contribution in [3.63, 3.8) is 0 Å². The molecule has 0 saturated carbocycles. The standard InChI is InChI=1S/C36H40N4S/c1-5-9-23-19-31-32-20-24(10-6-2)28(38-32)14-16-30-26(12-8-4)22-34(40-30)36-18-17-35(41-36)33-21-25(11-7-3)29(39-33)15-13-27(23)37-31/h13-22,39-40H,5-12H2,1-4H3. The molecule has 10 bridgehead atoms. The van der Waals surface area contributed by atoms with Crippen LogP contribution in [0.1, 0.15) is 100 Å². The summed E-state index contributed by atoms with van der Waals surface area (Å²) >= 11 is 1.84. The van der Waals surface area contributed by atoms with E-state index in [0.29, 0.717) is 0 Å². The fourth-order valence-corrected chi connectivity index (χ4v) is 6.88. The topological polar surface area (TPSA) is 57.4 Å². The Balaban J connectivity index is 1.68. The largest absolute Gasteiger partial charge is 0.354 e. The molecular weight excluding hydrogens is 520 g/mol. The van der Waals surface area contributed by atoms with Gasteiger partial charge in [0.1, 0.15) is 0 Å². The third-order valence-corrected chi connectivity index (χ3v) is 9.07. The molecule has 2 N–H and O–H groups in total. The highest BCUT2D eigenvalue weighted by Gasteiger charge is 2.17. The fraction of sp³-hybridized carbons (Fsp3) is 0.333. The number of aromatic nitrogens is 4. The number of aromatic amines is 2. The first-order valence-corrected chi connectivity index (χ1v) is 16.2. The van der Waals surface area contributed by atoms with Crippen LogP contribution < -0.4 is 0 Å². The maximum Gasteiger partial charge on any atom is 0.0897 e. The molecule has 4 aromatic heterocycles.